The maximum Gasteiger partial charge on any atom is 0.220 e. The molecule has 0 aromatic carbocycles. The molecule has 1 amide bonds. The average Bonchev–Trinajstić information content (AvgIpc) is 2.68. The summed E-state index contributed by atoms with van der Waals surface area (Å²) in [6.07, 6.45) is 9.28. The Morgan fingerprint density at radius 3 is 2.36 bits per heavy atom. The second-order valence-electron chi connectivity index (χ2n) is 8.99. The van der Waals surface area contributed by atoms with E-state index in [1.807, 2.05) is 0 Å². The molecule has 0 aromatic rings. The number of amides is 1. The molecule has 1 heterocycles. The molecule has 1 aliphatic carbocycles. The molecule has 0 spiro atoms. The molecule has 2 aliphatic rings. The van der Waals surface area contributed by atoms with E-state index in [1.54, 1.807) is 0 Å². The summed E-state index contributed by atoms with van der Waals surface area (Å²) in [6.45, 7) is 11.7. The van der Waals surface area contributed by atoms with Crippen molar-refractivity contribution in [3.8, 4) is 0 Å². The number of guanidine groups is 1. The molecule has 1 saturated heterocycles. The zero-order chi connectivity index (χ0) is 20.4. The van der Waals surface area contributed by atoms with Gasteiger partial charge in [-0.25, -0.2) is 0 Å². The Bertz CT molecular complexity index is 477. The van der Waals surface area contributed by atoms with Crippen LogP contribution in [0.25, 0.3) is 0 Å². The third-order valence-corrected chi connectivity index (χ3v) is 6.54. The molecule has 0 bridgehead atoms. The van der Waals surface area contributed by atoms with E-state index in [1.165, 1.54) is 25.7 Å². The van der Waals surface area contributed by atoms with Crippen molar-refractivity contribution in [2.75, 3.05) is 32.7 Å². The van der Waals surface area contributed by atoms with Crippen molar-refractivity contribution in [1.82, 2.24) is 15.5 Å². The molecule has 162 valence electrons. The summed E-state index contributed by atoms with van der Waals surface area (Å²) in [5, 5.41) is 7.06. The van der Waals surface area contributed by atoms with Crippen LogP contribution in [-0.2, 0) is 4.79 Å². The Morgan fingerprint density at radius 2 is 1.79 bits per heavy atom. The minimum absolute atomic E-state index is 0.0882. The van der Waals surface area contributed by atoms with E-state index in [2.05, 4.69) is 36.3 Å². The number of rotatable bonds is 9. The van der Waals surface area contributed by atoms with Crippen LogP contribution in [0.5, 0.6) is 0 Å². The summed E-state index contributed by atoms with van der Waals surface area (Å²) >= 11 is 0. The zero-order valence-electron chi connectivity index (χ0n) is 18.4. The largest absolute Gasteiger partial charge is 0.369 e. The molecule has 2 fully saturated rings. The first-order valence-electron chi connectivity index (χ1n) is 11.6. The van der Waals surface area contributed by atoms with E-state index >= 15 is 0 Å². The highest BCUT2D eigenvalue weighted by atomic mass is 16.1. The van der Waals surface area contributed by atoms with E-state index in [9.17, 15) is 4.79 Å². The van der Waals surface area contributed by atoms with Gasteiger partial charge in [0.25, 0.3) is 0 Å². The van der Waals surface area contributed by atoms with E-state index in [-0.39, 0.29) is 11.8 Å². The van der Waals surface area contributed by atoms with Gasteiger partial charge in [-0.3, -0.25) is 9.79 Å². The number of hydrogen-bond acceptors (Lipinski definition) is 3. The molecule has 28 heavy (non-hydrogen) atoms. The van der Waals surface area contributed by atoms with Gasteiger partial charge in [0.1, 0.15) is 0 Å². The number of carbonyl (C=O) groups is 1. The normalized spacial score (nSPS) is 25.1. The van der Waals surface area contributed by atoms with Crippen LogP contribution in [-0.4, -0.2) is 55.5 Å². The van der Waals surface area contributed by atoms with E-state index in [0.717, 1.165) is 76.2 Å². The standard InChI is InChI=1S/C22H43N5O/c1-4-24-22(26-20-9-7-18(8-10-20)17(2)3)25-13-5-6-14-27-15-11-19(12-16-27)21(23)28/h17-20H,4-16H2,1-3H3,(H2,23,28)(H2,24,25,26). The first-order chi connectivity index (χ1) is 13.5. The molecule has 6 nitrogen and oxygen atoms in total. The molecule has 2 rings (SSSR count). The van der Waals surface area contributed by atoms with Gasteiger partial charge in [-0.2, -0.15) is 0 Å². The van der Waals surface area contributed by atoms with Gasteiger partial charge in [-0.15, -0.1) is 0 Å². The van der Waals surface area contributed by atoms with Crippen molar-refractivity contribution in [3.63, 3.8) is 0 Å². The predicted molar refractivity (Wildman–Crippen MR) is 117 cm³/mol. The molecule has 6 heteroatoms. The summed E-state index contributed by atoms with van der Waals surface area (Å²) in [5.74, 6) is 2.65. The zero-order valence-corrected chi connectivity index (χ0v) is 18.4. The van der Waals surface area contributed by atoms with E-state index < -0.39 is 0 Å². The van der Waals surface area contributed by atoms with Crippen LogP contribution in [0.4, 0.5) is 0 Å². The van der Waals surface area contributed by atoms with Gasteiger partial charge < -0.3 is 21.3 Å². The van der Waals surface area contributed by atoms with Crippen LogP contribution < -0.4 is 16.4 Å². The summed E-state index contributed by atoms with van der Waals surface area (Å²) in [7, 11) is 0. The van der Waals surface area contributed by atoms with Crippen molar-refractivity contribution in [2.24, 2.45) is 28.5 Å². The minimum atomic E-state index is -0.130. The molecule has 0 aromatic heterocycles. The van der Waals surface area contributed by atoms with Crippen molar-refractivity contribution in [2.45, 2.75) is 78.2 Å². The van der Waals surface area contributed by atoms with Crippen LogP contribution in [0.2, 0.25) is 0 Å². The molecule has 0 atom stereocenters. The number of carbonyl (C=O) groups excluding carboxylic acids is 1. The molecular weight excluding hydrogens is 350 g/mol. The first-order valence-corrected chi connectivity index (χ1v) is 11.6. The highest BCUT2D eigenvalue weighted by Crippen LogP contribution is 2.29. The fraction of sp³-hybridized carbons (Fsp3) is 0.909. The van der Waals surface area contributed by atoms with E-state index in [0.29, 0.717) is 6.04 Å². The number of primary amides is 1. The van der Waals surface area contributed by atoms with Crippen molar-refractivity contribution < 1.29 is 4.79 Å². The van der Waals surface area contributed by atoms with Gasteiger partial charge in [-0.1, -0.05) is 13.8 Å². The number of nitrogens with zero attached hydrogens (tertiary/aromatic N) is 2. The van der Waals surface area contributed by atoms with Crippen LogP contribution in [0.1, 0.15) is 72.1 Å². The van der Waals surface area contributed by atoms with E-state index in [4.69, 9.17) is 10.7 Å². The molecule has 0 unspecified atom stereocenters. The monoisotopic (exact) mass is 393 g/mol. The third-order valence-electron chi connectivity index (χ3n) is 6.54. The van der Waals surface area contributed by atoms with Crippen LogP contribution in [0.15, 0.2) is 4.99 Å². The lowest BCUT2D eigenvalue weighted by Gasteiger charge is -2.32. The molecule has 4 N–H and O–H groups in total. The Labute approximate surface area is 172 Å². The van der Waals surface area contributed by atoms with Crippen molar-refractivity contribution in [3.05, 3.63) is 0 Å². The fourth-order valence-corrected chi connectivity index (χ4v) is 4.52. The second-order valence-corrected chi connectivity index (χ2v) is 8.99. The molecule has 0 radical (unpaired) electrons. The second kappa shape index (κ2) is 12.3. The number of likely N-dealkylation sites (tertiary alicyclic amines) is 1. The predicted octanol–water partition coefficient (Wildman–Crippen LogP) is 2.73. The number of nitrogens with one attached hydrogen (secondary N) is 2. The van der Waals surface area contributed by atoms with Gasteiger partial charge >= 0.3 is 0 Å². The lowest BCUT2D eigenvalue weighted by atomic mass is 9.80. The SMILES string of the molecule is CCNC(=NCCCCN1CCC(C(N)=O)CC1)NC1CCC(C(C)C)CC1. The van der Waals surface area contributed by atoms with Gasteiger partial charge in [0, 0.05) is 25.0 Å². The highest BCUT2D eigenvalue weighted by molar-refractivity contribution is 5.80. The van der Waals surface area contributed by atoms with Gasteiger partial charge in [0.2, 0.25) is 5.91 Å². The summed E-state index contributed by atoms with van der Waals surface area (Å²) in [6, 6.07) is 0.569. The average molecular weight is 394 g/mol. The first kappa shape index (κ1) is 23.0. The van der Waals surface area contributed by atoms with Crippen LogP contribution >= 0.6 is 0 Å². The van der Waals surface area contributed by atoms with Crippen molar-refractivity contribution in [1.29, 1.82) is 0 Å². The Kier molecular flexibility index (Phi) is 10.1. The minimum Gasteiger partial charge on any atom is -0.369 e. The fourth-order valence-electron chi connectivity index (χ4n) is 4.52. The number of unbranched alkanes of at least 4 members (excludes halogenated alkanes) is 1. The topological polar surface area (TPSA) is 82.8 Å². The van der Waals surface area contributed by atoms with Gasteiger partial charge in [0.05, 0.1) is 0 Å². The number of piperidine rings is 1. The van der Waals surface area contributed by atoms with Gasteiger partial charge in [-0.05, 0) is 89.8 Å². The van der Waals surface area contributed by atoms with Crippen molar-refractivity contribution >= 4 is 11.9 Å². The number of hydrogen-bond donors (Lipinski definition) is 3. The Balaban J connectivity index is 1.62. The summed E-state index contributed by atoms with van der Waals surface area (Å²) in [5.41, 5.74) is 5.41. The summed E-state index contributed by atoms with van der Waals surface area (Å²) in [4.78, 5) is 18.5. The molecular formula is C22H43N5O. The Morgan fingerprint density at radius 1 is 1.11 bits per heavy atom. The molecule has 1 aliphatic heterocycles. The maximum atomic E-state index is 11.2. The lowest BCUT2D eigenvalue weighted by Crippen LogP contribution is -2.45. The number of nitrogens with two attached hydrogens (primary N) is 1. The summed E-state index contributed by atoms with van der Waals surface area (Å²) < 4.78 is 0. The number of aliphatic imine (C=N–C) groups is 1. The maximum absolute atomic E-state index is 11.2. The Hall–Kier alpha value is -1.30. The molecule has 1 saturated carbocycles. The smallest absolute Gasteiger partial charge is 0.220 e. The van der Waals surface area contributed by atoms with Crippen LogP contribution in [0, 0.1) is 17.8 Å². The lowest BCUT2D eigenvalue weighted by molar-refractivity contribution is -0.123. The van der Waals surface area contributed by atoms with Gasteiger partial charge in [0.15, 0.2) is 5.96 Å². The highest BCUT2D eigenvalue weighted by Gasteiger charge is 2.24. The van der Waals surface area contributed by atoms with Crippen LogP contribution in [0.3, 0.4) is 0 Å². The quantitative estimate of drug-likeness (QED) is 0.319. The third kappa shape index (κ3) is 7.98.